The van der Waals surface area contributed by atoms with Crippen molar-refractivity contribution in [2.45, 2.75) is 12.6 Å². The number of carbonyl (C=O) groups is 1. The summed E-state index contributed by atoms with van der Waals surface area (Å²) in [4.78, 5) is 13.7. The molecule has 0 bridgehead atoms. The molecule has 1 fully saturated rings. The van der Waals surface area contributed by atoms with Crippen LogP contribution in [0, 0.1) is 5.92 Å². The Hall–Kier alpha value is -1.56. The average Bonchev–Trinajstić information content (AvgIpc) is 2.86. The third-order valence-electron chi connectivity index (χ3n) is 3.44. The lowest BCUT2D eigenvalue weighted by atomic mass is 10.1. The topological polar surface area (TPSA) is 29.5 Å². The number of rotatable bonds is 3. The van der Waals surface area contributed by atoms with Crippen LogP contribution in [0.4, 0.5) is 13.2 Å². The van der Waals surface area contributed by atoms with Crippen LogP contribution in [0.2, 0.25) is 0 Å². The van der Waals surface area contributed by atoms with Crippen molar-refractivity contribution in [2.75, 3.05) is 26.8 Å². The summed E-state index contributed by atoms with van der Waals surface area (Å²) in [5.41, 5.74) is -1.15. The molecule has 0 unspecified atom stereocenters. The predicted molar refractivity (Wildman–Crippen MR) is 67.3 cm³/mol. The first-order valence-electron chi connectivity index (χ1n) is 6.38. The van der Waals surface area contributed by atoms with Crippen molar-refractivity contribution in [3.8, 4) is 0 Å². The van der Waals surface area contributed by atoms with E-state index >= 15 is 0 Å². The van der Waals surface area contributed by atoms with Gasteiger partial charge >= 0.3 is 6.18 Å². The summed E-state index contributed by atoms with van der Waals surface area (Å²) in [6.45, 7) is 1.43. The fourth-order valence-electron chi connectivity index (χ4n) is 2.48. The second-order valence-electron chi connectivity index (χ2n) is 4.90. The Bertz CT molecular complexity index is 488. The zero-order chi connectivity index (χ0) is 14.8. The molecule has 0 saturated carbocycles. The Labute approximate surface area is 115 Å². The van der Waals surface area contributed by atoms with Crippen molar-refractivity contribution in [1.82, 2.24) is 4.90 Å². The van der Waals surface area contributed by atoms with Crippen LogP contribution in [0.25, 0.3) is 0 Å². The van der Waals surface area contributed by atoms with Crippen LogP contribution in [-0.2, 0) is 10.9 Å². The van der Waals surface area contributed by atoms with Gasteiger partial charge in [0, 0.05) is 26.1 Å². The van der Waals surface area contributed by atoms with Gasteiger partial charge in [0.25, 0.3) is 5.91 Å². The molecule has 0 aliphatic carbocycles. The van der Waals surface area contributed by atoms with E-state index in [4.69, 9.17) is 4.74 Å². The molecule has 1 heterocycles. The summed E-state index contributed by atoms with van der Waals surface area (Å²) in [6, 6.07) is 4.91. The van der Waals surface area contributed by atoms with E-state index < -0.39 is 17.6 Å². The van der Waals surface area contributed by atoms with Gasteiger partial charge in [-0.1, -0.05) is 12.1 Å². The number of carbonyl (C=O) groups excluding carboxylic acids is 1. The lowest BCUT2D eigenvalue weighted by Gasteiger charge is -2.19. The van der Waals surface area contributed by atoms with Crippen molar-refractivity contribution in [2.24, 2.45) is 5.92 Å². The van der Waals surface area contributed by atoms with Crippen LogP contribution in [0.1, 0.15) is 22.3 Å². The standard InChI is InChI=1S/C14H16F3NO2/c1-20-9-10-6-7-18(8-10)13(19)11-4-2-3-5-12(11)14(15,16)17/h2-5,10H,6-9H2,1H3/t10-/m1/s1. The maximum Gasteiger partial charge on any atom is 0.417 e. The molecule has 1 aliphatic heterocycles. The maximum atomic E-state index is 12.9. The van der Waals surface area contributed by atoms with Gasteiger partial charge in [-0.3, -0.25) is 4.79 Å². The molecule has 2 rings (SSSR count). The fourth-order valence-corrected chi connectivity index (χ4v) is 2.48. The lowest BCUT2D eigenvalue weighted by molar-refractivity contribution is -0.138. The minimum atomic E-state index is -4.52. The molecule has 1 aromatic carbocycles. The van der Waals surface area contributed by atoms with Crippen LogP contribution in [0.5, 0.6) is 0 Å². The van der Waals surface area contributed by atoms with Crippen molar-refractivity contribution in [3.05, 3.63) is 35.4 Å². The Morgan fingerprint density at radius 2 is 2.10 bits per heavy atom. The van der Waals surface area contributed by atoms with Crippen LogP contribution < -0.4 is 0 Å². The van der Waals surface area contributed by atoms with Crippen LogP contribution >= 0.6 is 0 Å². The first-order valence-corrected chi connectivity index (χ1v) is 6.38. The van der Waals surface area contributed by atoms with Gasteiger partial charge in [-0.2, -0.15) is 13.2 Å². The number of halogens is 3. The molecule has 1 aromatic rings. The van der Waals surface area contributed by atoms with E-state index in [-0.39, 0.29) is 11.5 Å². The number of benzene rings is 1. The highest BCUT2D eigenvalue weighted by Crippen LogP contribution is 2.33. The van der Waals surface area contributed by atoms with Gasteiger partial charge in [-0.25, -0.2) is 0 Å². The summed E-state index contributed by atoms with van der Waals surface area (Å²) >= 11 is 0. The quantitative estimate of drug-likeness (QED) is 0.855. The van der Waals surface area contributed by atoms with E-state index in [0.29, 0.717) is 19.7 Å². The third-order valence-corrected chi connectivity index (χ3v) is 3.44. The second-order valence-corrected chi connectivity index (χ2v) is 4.90. The van der Waals surface area contributed by atoms with Crippen molar-refractivity contribution >= 4 is 5.91 Å². The van der Waals surface area contributed by atoms with E-state index in [1.54, 1.807) is 7.11 Å². The Morgan fingerprint density at radius 3 is 2.75 bits per heavy atom. The minimum Gasteiger partial charge on any atom is -0.384 e. The molecule has 1 amide bonds. The van der Waals surface area contributed by atoms with Crippen molar-refractivity contribution < 1.29 is 22.7 Å². The van der Waals surface area contributed by atoms with E-state index in [1.165, 1.54) is 23.1 Å². The monoisotopic (exact) mass is 287 g/mol. The maximum absolute atomic E-state index is 12.9. The number of likely N-dealkylation sites (tertiary alicyclic amines) is 1. The van der Waals surface area contributed by atoms with Crippen LogP contribution in [0.3, 0.4) is 0 Å². The summed E-state index contributed by atoms with van der Waals surface area (Å²) in [5, 5.41) is 0. The van der Waals surface area contributed by atoms with E-state index in [9.17, 15) is 18.0 Å². The molecule has 1 aliphatic rings. The van der Waals surface area contributed by atoms with E-state index in [2.05, 4.69) is 0 Å². The Morgan fingerprint density at radius 1 is 1.40 bits per heavy atom. The number of alkyl halides is 3. The SMILES string of the molecule is COC[C@@H]1CCN(C(=O)c2ccccc2C(F)(F)F)C1. The summed E-state index contributed by atoms with van der Waals surface area (Å²) < 4.78 is 43.7. The summed E-state index contributed by atoms with van der Waals surface area (Å²) in [6.07, 6.45) is -3.76. The predicted octanol–water partition coefficient (Wildman–Crippen LogP) is 2.81. The zero-order valence-corrected chi connectivity index (χ0v) is 11.1. The molecular formula is C14H16F3NO2. The molecule has 0 N–H and O–H groups in total. The lowest BCUT2D eigenvalue weighted by Crippen LogP contribution is -2.31. The molecule has 1 atom stereocenters. The smallest absolute Gasteiger partial charge is 0.384 e. The molecule has 20 heavy (non-hydrogen) atoms. The van der Waals surface area contributed by atoms with Gasteiger partial charge in [-0.15, -0.1) is 0 Å². The number of ether oxygens (including phenoxy) is 1. The fraction of sp³-hybridized carbons (Fsp3) is 0.500. The summed E-state index contributed by atoms with van der Waals surface area (Å²) in [5.74, 6) is -0.362. The molecule has 0 radical (unpaired) electrons. The molecule has 6 heteroatoms. The number of methoxy groups -OCH3 is 1. The molecule has 0 aromatic heterocycles. The van der Waals surface area contributed by atoms with Crippen LogP contribution in [0.15, 0.2) is 24.3 Å². The number of nitrogens with zero attached hydrogens (tertiary/aromatic N) is 1. The van der Waals surface area contributed by atoms with Crippen molar-refractivity contribution in [3.63, 3.8) is 0 Å². The first-order chi connectivity index (χ1) is 9.43. The van der Waals surface area contributed by atoms with Crippen molar-refractivity contribution in [1.29, 1.82) is 0 Å². The minimum absolute atomic E-state index is 0.196. The number of amides is 1. The normalized spacial score (nSPS) is 19.4. The van der Waals surface area contributed by atoms with Gasteiger partial charge in [0.1, 0.15) is 0 Å². The molecule has 110 valence electrons. The summed E-state index contributed by atoms with van der Waals surface area (Å²) in [7, 11) is 1.57. The molecule has 0 spiro atoms. The molecule has 3 nitrogen and oxygen atoms in total. The highest BCUT2D eigenvalue weighted by Gasteiger charge is 2.37. The highest BCUT2D eigenvalue weighted by molar-refractivity contribution is 5.96. The van der Waals surface area contributed by atoms with Gasteiger partial charge in [0.2, 0.25) is 0 Å². The van der Waals surface area contributed by atoms with E-state index in [1.807, 2.05) is 0 Å². The number of hydrogen-bond acceptors (Lipinski definition) is 2. The second kappa shape index (κ2) is 5.83. The Balaban J connectivity index is 2.19. The average molecular weight is 287 g/mol. The molecular weight excluding hydrogens is 271 g/mol. The Kier molecular flexibility index (Phi) is 4.32. The van der Waals surface area contributed by atoms with Crippen LogP contribution in [-0.4, -0.2) is 37.6 Å². The largest absolute Gasteiger partial charge is 0.417 e. The van der Waals surface area contributed by atoms with Gasteiger partial charge in [-0.05, 0) is 18.6 Å². The van der Waals surface area contributed by atoms with E-state index in [0.717, 1.165) is 12.5 Å². The van der Waals surface area contributed by atoms with Gasteiger partial charge in [0.05, 0.1) is 17.7 Å². The third kappa shape index (κ3) is 3.12. The zero-order valence-electron chi connectivity index (χ0n) is 11.1. The number of hydrogen-bond donors (Lipinski definition) is 0. The first kappa shape index (κ1) is 14.8. The van der Waals surface area contributed by atoms with Gasteiger partial charge in [0.15, 0.2) is 0 Å². The van der Waals surface area contributed by atoms with Gasteiger partial charge < -0.3 is 9.64 Å². The molecule has 1 saturated heterocycles. The highest BCUT2D eigenvalue weighted by atomic mass is 19.4.